The molecular weight excluding hydrogens is 330 g/mol. The number of para-hydroxylation sites is 1. The first-order valence-corrected chi connectivity index (χ1v) is 6.39. The van der Waals surface area contributed by atoms with E-state index in [2.05, 4.69) is 38.5 Å². The number of anilines is 1. The van der Waals surface area contributed by atoms with Crippen molar-refractivity contribution in [2.75, 3.05) is 5.43 Å². The molecule has 0 radical (unpaired) electrons. The highest BCUT2D eigenvalue weighted by atomic mass is 79.9. The Morgan fingerprint density at radius 2 is 2.21 bits per heavy atom. The summed E-state index contributed by atoms with van der Waals surface area (Å²) in [5.74, 6) is -0.447. The number of nitrogens with one attached hydrogen (secondary N) is 2. The summed E-state index contributed by atoms with van der Waals surface area (Å²) in [6.07, 6.45) is 0. The van der Waals surface area contributed by atoms with Gasteiger partial charge in [0.2, 0.25) is 0 Å². The summed E-state index contributed by atoms with van der Waals surface area (Å²) < 4.78 is 0.828. The van der Waals surface area contributed by atoms with Crippen LogP contribution in [0.15, 0.2) is 46.1 Å². The van der Waals surface area contributed by atoms with Crippen molar-refractivity contribution in [2.45, 2.75) is 0 Å². The van der Waals surface area contributed by atoms with Crippen LogP contribution in [0.1, 0.15) is 0 Å². The Balaban J connectivity index is 2.21. The largest absolute Gasteiger partial charge is 0.374 e. The van der Waals surface area contributed by atoms with E-state index in [-0.39, 0.29) is 10.8 Å². The van der Waals surface area contributed by atoms with Gasteiger partial charge in [0.1, 0.15) is 0 Å². The predicted molar refractivity (Wildman–Crippen MR) is 81.1 cm³/mol. The van der Waals surface area contributed by atoms with Gasteiger partial charge in [-0.15, -0.1) is 0 Å². The van der Waals surface area contributed by atoms with Crippen LogP contribution < -0.4 is 16.6 Å². The summed E-state index contributed by atoms with van der Waals surface area (Å²) in [5.41, 5.74) is 12.0. The molecule has 1 fully saturated rings. The number of benzene rings is 1. The van der Waals surface area contributed by atoms with Crippen molar-refractivity contribution in [3.05, 3.63) is 41.0 Å². The molecule has 98 valence electrons. The average Bonchev–Trinajstić information content (AvgIpc) is 2.65. The van der Waals surface area contributed by atoms with Crippen LogP contribution in [-0.2, 0) is 4.79 Å². The van der Waals surface area contributed by atoms with Crippen LogP contribution in [0.3, 0.4) is 0 Å². The van der Waals surface area contributed by atoms with Crippen LogP contribution in [-0.4, -0.2) is 21.7 Å². The standard InChI is InChI=1S/C11H10BrN5OS/c1-6-9(10(18)17(16-6)11(13)19)15-14-8-5-3-2-4-7(8)12/h2-5,14,16H,1H2,(H2,13,19). The predicted octanol–water partition coefficient (Wildman–Crippen LogP) is 1.32. The van der Waals surface area contributed by atoms with Crippen LogP contribution in [0.4, 0.5) is 5.69 Å². The maximum atomic E-state index is 11.9. The molecular formula is C11H10BrN5OS. The molecule has 1 aromatic rings. The van der Waals surface area contributed by atoms with Gasteiger partial charge in [-0.25, -0.2) is 0 Å². The minimum Gasteiger partial charge on any atom is -0.374 e. The van der Waals surface area contributed by atoms with Crippen molar-refractivity contribution in [2.24, 2.45) is 10.8 Å². The number of thiocarbonyl (C=S) groups is 1. The molecule has 6 nitrogen and oxygen atoms in total. The molecule has 2 rings (SSSR count). The molecule has 0 atom stereocenters. The van der Waals surface area contributed by atoms with E-state index >= 15 is 0 Å². The Labute approximate surface area is 123 Å². The van der Waals surface area contributed by atoms with Crippen LogP contribution in [0.25, 0.3) is 0 Å². The van der Waals surface area contributed by atoms with Gasteiger partial charge in [-0.05, 0) is 40.3 Å². The van der Waals surface area contributed by atoms with E-state index in [1.54, 1.807) is 0 Å². The van der Waals surface area contributed by atoms with Gasteiger partial charge in [0.25, 0.3) is 0 Å². The molecule has 19 heavy (non-hydrogen) atoms. The molecule has 1 saturated heterocycles. The molecule has 0 aliphatic carbocycles. The second-order valence-electron chi connectivity index (χ2n) is 3.62. The normalized spacial score (nSPS) is 16.7. The van der Waals surface area contributed by atoms with Gasteiger partial charge < -0.3 is 5.73 Å². The lowest BCUT2D eigenvalue weighted by Crippen LogP contribution is -2.43. The topological polar surface area (TPSA) is 82.8 Å². The summed E-state index contributed by atoms with van der Waals surface area (Å²) >= 11 is 8.10. The number of halogens is 1. The van der Waals surface area contributed by atoms with Gasteiger partial charge in [-0.2, -0.15) is 10.1 Å². The van der Waals surface area contributed by atoms with Crippen molar-refractivity contribution < 1.29 is 4.79 Å². The van der Waals surface area contributed by atoms with E-state index in [0.717, 1.165) is 15.2 Å². The first kappa shape index (κ1) is 13.5. The lowest BCUT2D eigenvalue weighted by Gasteiger charge is -2.11. The molecule has 8 heteroatoms. The maximum absolute atomic E-state index is 11.9. The van der Waals surface area contributed by atoms with Gasteiger partial charge in [0.15, 0.2) is 10.8 Å². The lowest BCUT2D eigenvalue weighted by atomic mass is 10.3. The van der Waals surface area contributed by atoms with Gasteiger partial charge >= 0.3 is 5.91 Å². The van der Waals surface area contributed by atoms with E-state index in [0.29, 0.717) is 5.70 Å². The van der Waals surface area contributed by atoms with Crippen LogP contribution in [0.2, 0.25) is 0 Å². The third-order valence-electron chi connectivity index (χ3n) is 2.32. The number of hydrogen-bond donors (Lipinski definition) is 3. The summed E-state index contributed by atoms with van der Waals surface area (Å²) in [7, 11) is 0. The smallest absolute Gasteiger partial charge is 0.301 e. The molecule has 1 heterocycles. The molecule has 1 aliphatic rings. The second kappa shape index (κ2) is 5.37. The number of carbonyl (C=O) groups excluding carboxylic acids is 1. The number of rotatable bonds is 2. The zero-order chi connectivity index (χ0) is 14.0. The van der Waals surface area contributed by atoms with Gasteiger partial charge in [0.05, 0.1) is 11.4 Å². The molecule has 0 spiro atoms. The third kappa shape index (κ3) is 2.74. The van der Waals surface area contributed by atoms with Crippen molar-refractivity contribution in [1.29, 1.82) is 0 Å². The maximum Gasteiger partial charge on any atom is 0.301 e. The summed E-state index contributed by atoms with van der Waals surface area (Å²) in [6.45, 7) is 3.68. The SMILES string of the molecule is C=C1NN(C(N)=S)C(=O)C1=NNc1ccccc1Br. The lowest BCUT2D eigenvalue weighted by molar-refractivity contribution is -0.120. The summed E-state index contributed by atoms with van der Waals surface area (Å²) in [5, 5.41) is 4.94. The first-order chi connectivity index (χ1) is 9.00. The van der Waals surface area contributed by atoms with E-state index in [9.17, 15) is 4.79 Å². The highest BCUT2D eigenvalue weighted by Gasteiger charge is 2.32. The van der Waals surface area contributed by atoms with Gasteiger partial charge in [0, 0.05) is 4.47 Å². The van der Waals surface area contributed by atoms with Gasteiger partial charge in [-0.1, -0.05) is 18.7 Å². The number of nitrogens with zero attached hydrogens (tertiary/aromatic N) is 2. The van der Waals surface area contributed by atoms with Crippen molar-refractivity contribution in [1.82, 2.24) is 10.4 Å². The molecule has 1 aliphatic heterocycles. The van der Waals surface area contributed by atoms with Gasteiger partial charge in [-0.3, -0.25) is 15.6 Å². The van der Waals surface area contributed by atoms with Crippen LogP contribution in [0, 0.1) is 0 Å². The zero-order valence-corrected chi connectivity index (χ0v) is 12.1. The molecule has 1 amide bonds. The fraction of sp³-hybridized carbons (Fsp3) is 0. The highest BCUT2D eigenvalue weighted by Crippen LogP contribution is 2.21. The number of hydrogen-bond acceptors (Lipinski definition) is 5. The number of nitrogens with two attached hydrogens (primary N) is 1. The molecule has 1 aromatic carbocycles. The molecule has 0 unspecified atom stereocenters. The summed E-state index contributed by atoms with van der Waals surface area (Å²) in [6, 6.07) is 7.39. The fourth-order valence-corrected chi connectivity index (χ4v) is 1.91. The zero-order valence-electron chi connectivity index (χ0n) is 9.68. The molecule has 0 aromatic heterocycles. The minimum absolute atomic E-state index is 0.0859. The Kier molecular flexibility index (Phi) is 3.82. The number of amides is 1. The van der Waals surface area contributed by atoms with E-state index < -0.39 is 5.91 Å². The Hall–Kier alpha value is -1.93. The average molecular weight is 340 g/mol. The number of hydrazine groups is 1. The Bertz CT molecular complexity index is 601. The van der Waals surface area contributed by atoms with E-state index in [1.165, 1.54) is 0 Å². The van der Waals surface area contributed by atoms with Crippen molar-refractivity contribution in [3.63, 3.8) is 0 Å². The second-order valence-corrected chi connectivity index (χ2v) is 4.89. The number of carbonyl (C=O) groups is 1. The van der Waals surface area contributed by atoms with Crippen molar-refractivity contribution >= 4 is 50.6 Å². The minimum atomic E-state index is -0.447. The number of hydrazone groups is 1. The quantitative estimate of drug-likeness (QED) is 0.559. The third-order valence-corrected chi connectivity index (χ3v) is 3.19. The van der Waals surface area contributed by atoms with Crippen LogP contribution >= 0.6 is 28.1 Å². The Morgan fingerprint density at radius 1 is 1.53 bits per heavy atom. The first-order valence-electron chi connectivity index (χ1n) is 5.18. The van der Waals surface area contributed by atoms with E-state index in [4.69, 9.17) is 18.0 Å². The molecule has 0 saturated carbocycles. The molecule has 4 N–H and O–H groups in total. The Morgan fingerprint density at radius 3 is 2.79 bits per heavy atom. The molecule has 0 bridgehead atoms. The van der Waals surface area contributed by atoms with Crippen molar-refractivity contribution in [3.8, 4) is 0 Å². The highest BCUT2D eigenvalue weighted by molar-refractivity contribution is 9.10. The summed E-state index contributed by atoms with van der Waals surface area (Å²) in [4.78, 5) is 11.9. The fourth-order valence-electron chi connectivity index (χ4n) is 1.41. The van der Waals surface area contributed by atoms with Crippen LogP contribution in [0.5, 0.6) is 0 Å². The monoisotopic (exact) mass is 339 g/mol. The van der Waals surface area contributed by atoms with E-state index in [1.807, 2.05) is 24.3 Å².